The summed E-state index contributed by atoms with van der Waals surface area (Å²) in [6.07, 6.45) is -4.65. The molecule has 0 aliphatic carbocycles. The number of ether oxygens (including phenoxy) is 1. The summed E-state index contributed by atoms with van der Waals surface area (Å²) in [5, 5.41) is 0. The third kappa shape index (κ3) is 5.54. The Labute approximate surface area is 153 Å². The fourth-order valence-corrected chi connectivity index (χ4v) is 3.55. The van der Waals surface area contributed by atoms with Gasteiger partial charge in [0, 0.05) is 39.0 Å². The van der Waals surface area contributed by atoms with Gasteiger partial charge in [0.2, 0.25) is 5.91 Å². The summed E-state index contributed by atoms with van der Waals surface area (Å²) in [5.41, 5.74) is 0.815. The number of carbonyl (C=O) groups excluding carboxylic acids is 1. The number of halogens is 5. The molecule has 2 aliphatic rings. The van der Waals surface area contributed by atoms with Gasteiger partial charge >= 0.3 is 6.36 Å². The molecule has 2 aliphatic heterocycles. The summed E-state index contributed by atoms with van der Waals surface area (Å²) >= 11 is 0. The van der Waals surface area contributed by atoms with Crippen molar-refractivity contribution < 1.29 is 31.5 Å². The highest BCUT2D eigenvalue weighted by Gasteiger charge is 2.38. The first-order valence-electron chi connectivity index (χ1n) is 8.85. The molecule has 1 unspecified atom stereocenters. The zero-order chi connectivity index (χ0) is 19.7. The normalized spacial score (nSPS) is 23.4. The van der Waals surface area contributed by atoms with Crippen molar-refractivity contribution in [1.82, 2.24) is 9.80 Å². The molecule has 0 saturated carbocycles. The molecular formula is C18H21F5N2O2. The van der Waals surface area contributed by atoms with Crippen LogP contribution in [0.25, 0.3) is 0 Å². The Balaban J connectivity index is 1.49. The monoisotopic (exact) mass is 392 g/mol. The molecule has 1 amide bonds. The average molecular weight is 392 g/mol. The van der Waals surface area contributed by atoms with Crippen LogP contribution < -0.4 is 4.74 Å². The van der Waals surface area contributed by atoms with Gasteiger partial charge in [-0.2, -0.15) is 0 Å². The van der Waals surface area contributed by atoms with E-state index in [1.807, 2.05) is 4.90 Å². The maximum absolute atomic E-state index is 13.2. The zero-order valence-electron chi connectivity index (χ0n) is 14.6. The standard InChI is InChI=1S/C18H21F5N2O2/c19-17(20)6-9-25(10-7-17)16(26)14-5-8-24(12-14)11-13-1-3-15(4-2-13)27-18(21,22)23/h1-4,14H,5-12H2. The van der Waals surface area contributed by atoms with Crippen LogP contribution in [0.3, 0.4) is 0 Å². The van der Waals surface area contributed by atoms with E-state index in [-0.39, 0.29) is 43.5 Å². The van der Waals surface area contributed by atoms with E-state index in [0.717, 1.165) is 5.56 Å². The summed E-state index contributed by atoms with van der Waals surface area (Å²) < 4.78 is 66.8. The number of amides is 1. The fourth-order valence-electron chi connectivity index (χ4n) is 3.55. The van der Waals surface area contributed by atoms with E-state index in [1.54, 1.807) is 12.1 Å². The predicted molar refractivity (Wildman–Crippen MR) is 87.3 cm³/mol. The smallest absolute Gasteiger partial charge is 0.406 e. The molecule has 150 valence electrons. The molecule has 0 N–H and O–H groups in total. The Bertz CT molecular complexity index is 653. The predicted octanol–water partition coefficient (Wildman–Crippen LogP) is 3.66. The van der Waals surface area contributed by atoms with Gasteiger partial charge in [-0.15, -0.1) is 13.2 Å². The van der Waals surface area contributed by atoms with Gasteiger partial charge in [-0.1, -0.05) is 12.1 Å². The zero-order valence-corrected chi connectivity index (χ0v) is 14.6. The Morgan fingerprint density at radius 2 is 1.74 bits per heavy atom. The Morgan fingerprint density at radius 3 is 2.33 bits per heavy atom. The number of hydrogen-bond acceptors (Lipinski definition) is 3. The van der Waals surface area contributed by atoms with Gasteiger partial charge in [0.05, 0.1) is 5.92 Å². The third-order valence-electron chi connectivity index (χ3n) is 4.99. The molecule has 1 aromatic carbocycles. The van der Waals surface area contributed by atoms with E-state index < -0.39 is 12.3 Å². The first-order chi connectivity index (χ1) is 12.6. The lowest BCUT2D eigenvalue weighted by Gasteiger charge is -2.33. The molecule has 2 fully saturated rings. The van der Waals surface area contributed by atoms with Crippen LogP contribution in [0, 0.1) is 5.92 Å². The highest BCUT2D eigenvalue weighted by molar-refractivity contribution is 5.79. The second kappa shape index (κ2) is 7.61. The van der Waals surface area contributed by atoms with Crippen LogP contribution in [0.15, 0.2) is 24.3 Å². The van der Waals surface area contributed by atoms with E-state index in [9.17, 15) is 26.7 Å². The topological polar surface area (TPSA) is 32.8 Å². The van der Waals surface area contributed by atoms with Crippen LogP contribution in [0.4, 0.5) is 22.0 Å². The molecule has 4 nitrogen and oxygen atoms in total. The second-order valence-electron chi connectivity index (χ2n) is 7.09. The largest absolute Gasteiger partial charge is 0.573 e. The highest BCUT2D eigenvalue weighted by Crippen LogP contribution is 2.30. The number of hydrogen-bond donors (Lipinski definition) is 0. The summed E-state index contributed by atoms with van der Waals surface area (Å²) in [5.74, 6) is -3.25. The first kappa shape index (κ1) is 19.9. The van der Waals surface area contributed by atoms with E-state index in [4.69, 9.17) is 0 Å². The molecule has 2 heterocycles. The summed E-state index contributed by atoms with van der Waals surface area (Å²) in [6, 6.07) is 5.64. The lowest BCUT2D eigenvalue weighted by Crippen LogP contribution is -2.45. The number of piperidine rings is 1. The molecule has 0 spiro atoms. The molecule has 2 saturated heterocycles. The van der Waals surface area contributed by atoms with Gasteiger partial charge in [0.25, 0.3) is 5.92 Å². The van der Waals surface area contributed by atoms with Crippen molar-refractivity contribution >= 4 is 5.91 Å². The van der Waals surface area contributed by atoms with E-state index in [0.29, 0.717) is 26.1 Å². The van der Waals surface area contributed by atoms with Crippen LogP contribution in [0.5, 0.6) is 5.75 Å². The SMILES string of the molecule is O=C(C1CCN(Cc2ccc(OC(F)(F)F)cc2)C1)N1CCC(F)(F)CC1. The van der Waals surface area contributed by atoms with Crippen LogP contribution in [-0.4, -0.2) is 54.2 Å². The van der Waals surface area contributed by atoms with E-state index >= 15 is 0 Å². The molecule has 3 rings (SSSR count). The maximum atomic E-state index is 13.2. The summed E-state index contributed by atoms with van der Waals surface area (Å²) in [6.45, 7) is 1.88. The summed E-state index contributed by atoms with van der Waals surface area (Å²) in [7, 11) is 0. The molecular weight excluding hydrogens is 371 g/mol. The van der Waals surface area contributed by atoms with E-state index in [2.05, 4.69) is 4.74 Å². The number of rotatable bonds is 4. The minimum absolute atomic E-state index is 0.0816. The third-order valence-corrected chi connectivity index (χ3v) is 4.99. The van der Waals surface area contributed by atoms with Crippen LogP contribution in [-0.2, 0) is 11.3 Å². The quantitative estimate of drug-likeness (QED) is 0.734. The van der Waals surface area contributed by atoms with Crippen molar-refractivity contribution in [1.29, 1.82) is 0 Å². The number of carbonyl (C=O) groups is 1. The Morgan fingerprint density at radius 1 is 1.11 bits per heavy atom. The van der Waals surface area contributed by atoms with Crippen molar-refractivity contribution in [3.63, 3.8) is 0 Å². The van der Waals surface area contributed by atoms with Gasteiger partial charge in [-0.05, 0) is 30.7 Å². The van der Waals surface area contributed by atoms with Crippen molar-refractivity contribution in [3.8, 4) is 5.75 Å². The fraction of sp³-hybridized carbons (Fsp3) is 0.611. The van der Waals surface area contributed by atoms with Gasteiger partial charge in [0.1, 0.15) is 5.75 Å². The van der Waals surface area contributed by atoms with E-state index in [1.165, 1.54) is 17.0 Å². The lowest BCUT2D eigenvalue weighted by atomic mass is 10.0. The first-order valence-corrected chi connectivity index (χ1v) is 8.85. The van der Waals surface area contributed by atoms with Gasteiger partial charge < -0.3 is 9.64 Å². The van der Waals surface area contributed by atoms with Crippen molar-refractivity contribution in [2.75, 3.05) is 26.2 Å². The Kier molecular flexibility index (Phi) is 5.60. The maximum Gasteiger partial charge on any atom is 0.573 e. The van der Waals surface area contributed by atoms with Crippen molar-refractivity contribution in [3.05, 3.63) is 29.8 Å². The molecule has 0 radical (unpaired) electrons. The van der Waals surface area contributed by atoms with Crippen LogP contribution >= 0.6 is 0 Å². The highest BCUT2D eigenvalue weighted by atomic mass is 19.4. The number of nitrogens with zero attached hydrogens (tertiary/aromatic N) is 2. The molecule has 9 heteroatoms. The molecule has 0 bridgehead atoms. The Hall–Kier alpha value is -1.90. The molecule has 27 heavy (non-hydrogen) atoms. The minimum atomic E-state index is -4.72. The molecule has 0 aromatic heterocycles. The number of benzene rings is 1. The van der Waals surface area contributed by atoms with Crippen LogP contribution in [0.1, 0.15) is 24.8 Å². The van der Waals surface area contributed by atoms with Gasteiger partial charge in [-0.3, -0.25) is 9.69 Å². The molecule has 1 aromatic rings. The number of alkyl halides is 5. The lowest BCUT2D eigenvalue weighted by molar-refractivity contribution is -0.274. The summed E-state index contributed by atoms with van der Waals surface area (Å²) in [4.78, 5) is 16.1. The van der Waals surface area contributed by atoms with Gasteiger partial charge in [-0.25, -0.2) is 8.78 Å². The van der Waals surface area contributed by atoms with Gasteiger partial charge in [0.15, 0.2) is 0 Å². The average Bonchev–Trinajstić information content (AvgIpc) is 3.03. The van der Waals surface area contributed by atoms with Crippen molar-refractivity contribution in [2.24, 2.45) is 5.92 Å². The molecule has 1 atom stereocenters. The van der Waals surface area contributed by atoms with Crippen molar-refractivity contribution in [2.45, 2.75) is 38.1 Å². The minimum Gasteiger partial charge on any atom is -0.406 e. The second-order valence-corrected chi connectivity index (χ2v) is 7.09. The number of likely N-dealkylation sites (tertiary alicyclic amines) is 2. The van der Waals surface area contributed by atoms with Crippen LogP contribution in [0.2, 0.25) is 0 Å².